The van der Waals surface area contributed by atoms with Crippen LogP contribution in [0.5, 0.6) is 11.5 Å². The van der Waals surface area contributed by atoms with Gasteiger partial charge in [-0.25, -0.2) is 0 Å². The summed E-state index contributed by atoms with van der Waals surface area (Å²) in [7, 11) is 3.44. The van der Waals surface area contributed by atoms with Gasteiger partial charge in [-0.15, -0.1) is 24.0 Å². The third-order valence-corrected chi connectivity index (χ3v) is 3.81. The van der Waals surface area contributed by atoms with Gasteiger partial charge in [-0.05, 0) is 36.2 Å². The number of aryl methyl sites for hydroxylation is 1. The molecule has 0 bridgehead atoms. The molecule has 2 N–H and O–H groups in total. The molecule has 0 unspecified atom stereocenters. The number of guanidine groups is 1. The molecule has 2 rings (SSSR count). The molecule has 0 aliphatic rings. The predicted octanol–water partition coefficient (Wildman–Crippen LogP) is 4.05. The summed E-state index contributed by atoms with van der Waals surface area (Å²) in [6.45, 7) is 7.50. The van der Waals surface area contributed by atoms with Crippen LogP contribution in [0.25, 0.3) is 0 Å². The molecule has 0 amide bonds. The van der Waals surface area contributed by atoms with Gasteiger partial charge >= 0.3 is 0 Å². The lowest BCUT2D eigenvalue weighted by molar-refractivity contribution is 0.358. The second-order valence-electron chi connectivity index (χ2n) is 5.85. The lowest BCUT2D eigenvalue weighted by Gasteiger charge is -2.15. The van der Waals surface area contributed by atoms with Crippen molar-refractivity contribution in [1.29, 1.82) is 0 Å². The monoisotopic (exact) mass is 481 g/mol. The van der Waals surface area contributed by atoms with E-state index in [1.807, 2.05) is 36.4 Å². The van der Waals surface area contributed by atoms with E-state index in [0.717, 1.165) is 34.1 Å². The van der Waals surface area contributed by atoms with Gasteiger partial charge in [0.25, 0.3) is 0 Å². The fraction of sp³-hybridized carbons (Fsp3) is 0.286. The van der Waals surface area contributed by atoms with Crippen LogP contribution >= 0.6 is 24.0 Å². The molecule has 6 heteroatoms. The highest BCUT2D eigenvalue weighted by Gasteiger charge is 2.05. The van der Waals surface area contributed by atoms with E-state index in [1.54, 1.807) is 20.2 Å². The third-order valence-electron chi connectivity index (χ3n) is 3.81. The molecule has 0 fully saturated rings. The van der Waals surface area contributed by atoms with E-state index in [-0.39, 0.29) is 24.0 Å². The second-order valence-corrected chi connectivity index (χ2v) is 5.85. The summed E-state index contributed by atoms with van der Waals surface area (Å²) in [5, 5.41) is 6.64. The first-order chi connectivity index (χ1) is 12.7. The molecule has 0 aliphatic carbocycles. The number of hydrogen-bond donors (Lipinski definition) is 2. The molecule has 0 atom stereocenters. The second kappa shape index (κ2) is 12.2. The molecule has 0 saturated carbocycles. The smallest absolute Gasteiger partial charge is 0.191 e. The Kier molecular flexibility index (Phi) is 10.3. The number of rotatable bonds is 8. The van der Waals surface area contributed by atoms with Gasteiger partial charge in [0.2, 0.25) is 0 Å². The topological polar surface area (TPSA) is 54.9 Å². The van der Waals surface area contributed by atoms with Crippen molar-refractivity contribution in [2.24, 2.45) is 4.99 Å². The largest absolute Gasteiger partial charge is 0.497 e. The molecule has 0 aliphatic heterocycles. The van der Waals surface area contributed by atoms with Crippen molar-refractivity contribution in [1.82, 2.24) is 10.6 Å². The van der Waals surface area contributed by atoms with E-state index in [4.69, 9.17) is 9.47 Å². The Balaban J connectivity index is 0.00000364. The molecule has 0 spiro atoms. The Morgan fingerprint density at radius 3 is 2.59 bits per heavy atom. The number of nitrogens with zero attached hydrogens (tertiary/aromatic N) is 1. The van der Waals surface area contributed by atoms with E-state index in [0.29, 0.717) is 19.7 Å². The van der Waals surface area contributed by atoms with Crippen molar-refractivity contribution in [3.05, 3.63) is 71.8 Å². The number of hydrogen-bond acceptors (Lipinski definition) is 3. The maximum Gasteiger partial charge on any atom is 0.191 e. The molecular formula is C21H28IN3O2. The van der Waals surface area contributed by atoms with Crippen LogP contribution in [-0.4, -0.2) is 26.7 Å². The minimum Gasteiger partial charge on any atom is -0.497 e. The third kappa shape index (κ3) is 7.50. The van der Waals surface area contributed by atoms with Gasteiger partial charge in [-0.3, -0.25) is 4.99 Å². The van der Waals surface area contributed by atoms with Crippen molar-refractivity contribution in [3.63, 3.8) is 0 Å². The van der Waals surface area contributed by atoms with E-state index in [2.05, 4.69) is 35.2 Å². The minimum atomic E-state index is 0. The van der Waals surface area contributed by atoms with Crippen LogP contribution in [0.15, 0.2) is 60.1 Å². The molecule has 0 aromatic heterocycles. The van der Waals surface area contributed by atoms with Crippen molar-refractivity contribution in [3.8, 4) is 11.5 Å². The first-order valence-corrected chi connectivity index (χ1v) is 8.57. The molecule has 5 nitrogen and oxygen atoms in total. The summed E-state index contributed by atoms with van der Waals surface area (Å²) in [5.74, 6) is 2.43. The van der Waals surface area contributed by atoms with Crippen molar-refractivity contribution >= 4 is 29.9 Å². The number of methoxy groups -OCH3 is 1. The SMILES string of the molecule is C=CCOc1ccccc1CNC(=NC)NCc1cc(C)cc(OC)c1.I. The average molecular weight is 481 g/mol. The minimum absolute atomic E-state index is 0. The summed E-state index contributed by atoms with van der Waals surface area (Å²) >= 11 is 0. The maximum atomic E-state index is 5.69. The van der Waals surface area contributed by atoms with Crippen LogP contribution in [-0.2, 0) is 13.1 Å². The molecule has 0 heterocycles. The first kappa shape index (κ1) is 22.8. The maximum absolute atomic E-state index is 5.69. The van der Waals surface area contributed by atoms with Gasteiger partial charge in [0, 0.05) is 25.7 Å². The quantitative estimate of drug-likeness (QED) is 0.259. The number of halogens is 1. The Hall–Kier alpha value is -2.22. The van der Waals surface area contributed by atoms with Gasteiger partial charge in [0.15, 0.2) is 5.96 Å². The summed E-state index contributed by atoms with van der Waals surface area (Å²) in [6, 6.07) is 14.1. The van der Waals surface area contributed by atoms with Crippen LogP contribution in [0.3, 0.4) is 0 Å². The van der Waals surface area contributed by atoms with Gasteiger partial charge in [-0.2, -0.15) is 0 Å². The highest BCUT2D eigenvalue weighted by Crippen LogP contribution is 2.18. The first-order valence-electron chi connectivity index (χ1n) is 8.57. The van der Waals surface area contributed by atoms with Crippen molar-refractivity contribution in [2.45, 2.75) is 20.0 Å². The lowest BCUT2D eigenvalue weighted by Crippen LogP contribution is -2.36. The van der Waals surface area contributed by atoms with Gasteiger partial charge in [0.1, 0.15) is 18.1 Å². The Morgan fingerprint density at radius 2 is 1.89 bits per heavy atom. The molecule has 0 radical (unpaired) electrons. The van der Waals surface area contributed by atoms with E-state index in [9.17, 15) is 0 Å². The number of nitrogens with one attached hydrogen (secondary N) is 2. The fourth-order valence-electron chi connectivity index (χ4n) is 2.57. The van der Waals surface area contributed by atoms with Gasteiger partial charge < -0.3 is 20.1 Å². The van der Waals surface area contributed by atoms with Crippen LogP contribution in [0.1, 0.15) is 16.7 Å². The van der Waals surface area contributed by atoms with Gasteiger partial charge in [-0.1, -0.05) is 36.9 Å². The van der Waals surface area contributed by atoms with E-state index < -0.39 is 0 Å². The zero-order valence-corrected chi connectivity index (χ0v) is 18.4. The number of benzene rings is 2. The molecule has 2 aromatic rings. The lowest BCUT2D eigenvalue weighted by atomic mass is 10.1. The van der Waals surface area contributed by atoms with Crippen LogP contribution in [0, 0.1) is 6.92 Å². The average Bonchev–Trinajstić information content (AvgIpc) is 2.66. The van der Waals surface area contributed by atoms with Crippen LogP contribution in [0.4, 0.5) is 0 Å². The number of para-hydroxylation sites is 1. The number of aliphatic imine (C=N–C) groups is 1. The summed E-state index contributed by atoms with van der Waals surface area (Å²) < 4.78 is 11.0. The van der Waals surface area contributed by atoms with Crippen LogP contribution < -0.4 is 20.1 Å². The predicted molar refractivity (Wildman–Crippen MR) is 122 cm³/mol. The number of ether oxygens (including phenoxy) is 2. The van der Waals surface area contributed by atoms with E-state index >= 15 is 0 Å². The normalized spacial score (nSPS) is 10.6. The standard InChI is InChI=1S/C21H27N3O2.HI/c1-5-10-26-20-9-7-6-8-18(20)15-24-21(22-3)23-14-17-11-16(2)12-19(13-17)25-4;/h5-9,11-13H,1,10,14-15H2,2-4H3,(H2,22,23,24);1H. The summed E-state index contributed by atoms with van der Waals surface area (Å²) in [5.41, 5.74) is 3.37. The van der Waals surface area contributed by atoms with Gasteiger partial charge in [0.05, 0.1) is 7.11 Å². The molecular weight excluding hydrogens is 453 g/mol. The Bertz CT molecular complexity index is 763. The Labute approximate surface area is 178 Å². The molecule has 27 heavy (non-hydrogen) atoms. The van der Waals surface area contributed by atoms with Crippen LogP contribution in [0.2, 0.25) is 0 Å². The highest BCUT2D eigenvalue weighted by molar-refractivity contribution is 14.0. The Morgan fingerprint density at radius 1 is 1.15 bits per heavy atom. The van der Waals surface area contributed by atoms with E-state index in [1.165, 1.54) is 0 Å². The fourth-order valence-corrected chi connectivity index (χ4v) is 2.57. The zero-order chi connectivity index (χ0) is 18.8. The molecule has 146 valence electrons. The molecule has 0 saturated heterocycles. The zero-order valence-electron chi connectivity index (χ0n) is 16.1. The van der Waals surface area contributed by atoms with Crippen molar-refractivity contribution in [2.75, 3.05) is 20.8 Å². The summed E-state index contributed by atoms with van der Waals surface area (Å²) in [6.07, 6.45) is 1.74. The van der Waals surface area contributed by atoms with Crippen molar-refractivity contribution < 1.29 is 9.47 Å². The summed E-state index contributed by atoms with van der Waals surface area (Å²) in [4.78, 5) is 4.28. The molecule has 2 aromatic carbocycles. The highest BCUT2D eigenvalue weighted by atomic mass is 127.